The molecule has 0 bridgehead atoms. The van der Waals surface area contributed by atoms with Crippen LogP contribution in [-0.2, 0) is 9.59 Å². The second kappa shape index (κ2) is 7.66. The van der Waals surface area contributed by atoms with Crippen molar-refractivity contribution in [3.05, 3.63) is 28.8 Å². The summed E-state index contributed by atoms with van der Waals surface area (Å²) >= 11 is 0. The Hall–Kier alpha value is -2.08. The molecule has 1 aliphatic heterocycles. The molecule has 1 aromatic rings. The molecule has 1 atom stereocenters. The highest BCUT2D eigenvalue weighted by Crippen LogP contribution is 2.31. The molecule has 1 aliphatic rings. The van der Waals surface area contributed by atoms with Crippen molar-refractivity contribution in [3.63, 3.8) is 0 Å². The number of amides is 1. The van der Waals surface area contributed by atoms with Crippen LogP contribution in [0, 0.1) is 13.8 Å². The molecule has 0 aliphatic carbocycles. The van der Waals surface area contributed by atoms with E-state index >= 15 is 0 Å². The van der Waals surface area contributed by atoms with E-state index in [-0.39, 0.29) is 11.9 Å². The fourth-order valence-corrected chi connectivity index (χ4v) is 3.56. The Morgan fingerprint density at radius 2 is 1.79 bits per heavy atom. The molecule has 6 nitrogen and oxygen atoms in total. The molecular weight excluding hydrogens is 308 g/mol. The zero-order valence-corrected chi connectivity index (χ0v) is 14.8. The van der Waals surface area contributed by atoms with Crippen LogP contribution in [0.15, 0.2) is 12.1 Å². The number of carboxylic acid groups (broad SMARTS) is 1. The molecule has 1 aromatic carbocycles. The Morgan fingerprint density at radius 1 is 1.25 bits per heavy atom. The van der Waals surface area contributed by atoms with E-state index in [0.717, 1.165) is 35.3 Å². The highest BCUT2D eigenvalue weighted by atomic mass is 16.5. The zero-order chi connectivity index (χ0) is 17.9. The quantitative estimate of drug-likeness (QED) is 0.861. The number of hydrogen-bond donors (Lipinski definition) is 2. The highest BCUT2D eigenvalue weighted by molar-refractivity contribution is 5.76. The number of benzene rings is 1. The van der Waals surface area contributed by atoms with Crippen LogP contribution in [0.4, 0.5) is 0 Å². The maximum Gasteiger partial charge on any atom is 0.325 e. The van der Waals surface area contributed by atoms with E-state index in [1.807, 2.05) is 30.9 Å². The summed E-state index contributed by atoms with van der Waals surface area (Å²) in [5.74, 6) is -0.0890. The normalized spacial score (nSPS) is 17.3. The molecular formula is C18H26N2O4. The molecule has 24 heavy (non-hydrogen) atoms. The third kappa shape index (κ3) is 4.06. The van der Waals surface area contributed by atoms with Crippen LogP contribution in [0.25, 0.3) is 0 Å². The van der Waals surface area contributed by atoms with E-state index in [1.165, 1.54) is 6.92 Å². The number of hydrogen-bond acceptors (Lipinski definition) is 4. The number of carboxylic acids is 1. The number of likely N-dealkylation sites (tertiary alicyclic amines) is 1. The Balaban J connectivity index is 2.19. The van der Waals surface area contributed by atoms with E-state index in [2.05, 4.69) is 5.32 Å². The number of nitrogens with zero attached hydrogens (tertiary/aromatic N) is 1. The second-order valence-corrected chi connectivity index (χ2v) is 6.44. The molecule has 0 radical (unpaired) electrons. The van der Waals surface area contributed by atoms with Gasteiger partial charge in [-0.25, -0.2) is 0 Å². The number of nitrogens with one attached hydrogen (secondary N) is 1. The van der Waals surface area contributed by atoms with Crippen molar-refractivity contribution in [1.29, 1.82) is 0 Å². The van der Waals surface area contributed by atoms with Crippen LogP contribution in [-0.4, -0.2) is 48.1 Å². The van der Waals surface area contributed by atoms with Gasteiger partial charge in [0.1, 0.15) is 11.8 Å². The summed E-state index contributed by atoms with van der Waals surface area (Å²) in [5, 5.41) is 12.7. The van der Waals surface area contributed by atoms with Gasteiger partial charge in [0.05, 0.1) is 7.11 Å². The Kier molecular flexibility index (Phi) is 5.83. The minimum Gasteiger partial charge on any atom is -0.496 e. The first-order valence-electron chi connectivity index (χ1n) is 8.22. The van der Waals surface area contributed by atoms with Gasteiger partial charge in [-0.1, -0.05) is 12.1 Å². The van der Waals surface area contributed by atoms with E-state index in [4.69, 9.17) is 4.74 Å². The van der Waals surface area contributed by atoms with Gasteiger partial charge in [0.25, 0.3) is 0 Å². The van der Waals surface area contributed by atoms with Gasteiger partial charge in [0.15, 0.2) is 0 Å². The molecule has 1 saturated heterocycles. The van der Waals surface area contributed by atoms with Crippen LogP contribution in [0.2, 0.25) is 0 Å². The summed E-state index contributed by atoms with van der Waals surface area (Å²) in [6.45, 7) is 6.65. The van der Waals surface area contributed by atoms with Gasteiger partial charge in [0.2, 0.25) is 5.91 Å². The fourth-order valence-electron chi connectivity index (χ4n) is 3.56. The monoisotopic (exact) mass is 334 g/mol. The van der Waals surface area contributed by atoms with Crippen molar-refractivity contribution in [3.8, 4) is 5.75 Å². The van der Waals surface area contributed by atoms with Crippen molar-refractivity contribution in [2.45, 2.75) is 45.7 Å². The molecule has 2 N–H and O–H groups in total. The lowest BCUT2D eigenvalue weighted by atomic mass is 9.96. The third-order valence-corrected chi connectivity index (χ3v) is 4.54. The summed E-state index contributed by atoms with van der Waals surface area (Å²) < 4.78 is 5.37. The van der Waals surface area contributed by atoms with Crippen molar-refractivity contribution < 1.29 is 19.4 Å². The van der Waals surface area contributed by atoms with Gasteiger partial charge in [-0.05, 0) is 43.4 Å². The minimum absolute atomic E-state index is 0.0374. The number of aryl methyl sites for hydroxylation is 2. The van der Waals surface area contributed by atoms with Crippen LogP contribution < -0.4 is 10.1 Å². The van der Waals surface area contributed by atoms with Crippen LogP contribution >= 0.6 is 0 Å². The summed E-state index contributed by atoms with van der Waals surface area (Å²) in [5.41, 5.74) is 2.65. The minimum atomic E-state index is -0.850. The Morgan fingerprint density at radius 3 is 2.21 bits per heavy atom. The number of piperidine rings is 1. The first kappa shape index (κ1) is 18.3. The van der Waals surface area contributed by atoms with Gasteiger partial charge in [0, 0.05) is 26.1 Å². The van der Waals surface area contributed by atoms with Gasteiger partial charge >= 0.3 is 5.97 Å². The summed E-state index contributed by atoms with van der Waals surface area (Å²) in [4.78, 5) is 25.0. The summed E-state index contributed by atoms with van der Waals surface area (Å²) in [6.07, 6.45) is 1.52. The van der Waals surface area contributed by atoms with Crippen molar-refractivity contribution in [2.24, 2.45) is 0 Å². The average molecular weight is 334 g/mol. The topological polar surface area (TPSA) is 78.9 Å². The SMILES string of the molecule is COc1c(C)cc([C@@H](C(=O)O)N2CCC(NC(C)=O)CC2)cc1C. The lowest BCUT2D eigenvalue weighted by Crippen LogP contribution is -2.46. The van der Waals surface area contributed by atoms with Gasteiger partial charge < -0.3 is 15.2 Å². The van der Waals surface area contributed by atoms with Crippen molar-refractivity contribution >= 4 is 11.9 Å². The van der Waals surface area contributed by atoms with Crippen LogP contribution in [0.1, 0.15) is 42.5 Å². The maximum atomic E-state index is 11.9. The van der Waals surface area contributed by atoms with E-state index in [0.29, 0.717) is 13.1 Å². The van der Waals surface area contributed by atoms with Gasteiger partial charge in [-0.15, -0.1) is 0 Å². The zero-order valence-electron chi connectivity index (χ0n) is 14.8. The van der Waals surface area contributed by atoms with Crippen LogP contribution in [0.5, 0.6) is 5.75 Å². The number of carbonyl (C=O) groups is 2. The molecule has 132 valence electrons. The van der Waals surface area contributed by atoms with E-state index < -0.39 is 12.0 Å². The van der Waals surface area contributed by atoms with Crippen molar-refractivity contribution in [1.82, 2.24) is 10.2 Å². The van der Waals surface area contributed by atoms with Gasteiger partial charge in [-0.3, -0.25) is 14.5 Å². The number of aliphatic carboxylic acids is 1. The second-order valence-electron chi connectivity index (χ2n) is 6.44. The Bertz CT molecular complexity index is 598. The first-order valence-corrected chi connectivity index (χ1v) is 8.22. The number of methoxy groups -OCH3 is 1. The number of ether oxygens (including phenoxy) is 1. The molecule has 0 spiro atoms. The molecule has 0 aromatic heterocycles. The molecule has 1 amide bonds. The molecule has 2 rings (SSSR count). The summed E-state index contributed by atoms with van der Waals surface area (Å²) in [6, 6.07) is 3.24. The van der Waals surface area contributed by atoms with Gasteiger partial charge in [-0.2, -0.15) is 0 Å². The average Bonchev–Trinajstić information content (AvgIpc) is 2.48. The van der Waals surface area contributed by atoms with Crippen LogP contribution in [0.3, 0.4) is 0 Å². The Labute approximate surface area is 142 Å². The highest BCUT2D eigenvalue weighted by Gasteiger charge is 2.31. The lowest BCUT2D eigenvalue weighted by molar-refractivity contribution is -0.144. The molecule has 6 heteroatoms. The third-order valence-electron chi connectivity index (χ3n) is 4.54. The lowest BCUT2D eigenvalue weighted by Gasteiger charge is -2.36. The number of carbonyl (C=O) groups excluding carboxylic acids is 1. The molecule has 0 unspecified atom stereocenters. The summed E-state index contributed by atoms with van der Waals surface area (Å²) in [7, 11) is 1.62. The smallest absolute Gasteiger partial charge is 0.325 e. The van der Waals surface area contributed by atoms with E-state index in [9.17, 15) is 14.7 Å². The predicted molar refractivity (Wildman–Crippen MR) is 91.3 cm³/mol. The fraction of sp³-hybridized carbons (Fsp3) is 0.556. The standard InChI is InChI=1S/C18H26N2O4/c1-11-9-14(10-12(2)17(11)24-4)16(18(22)23)20-7-5-15(6-8-20)19-13(3)21/h9-10,15-16H,5-8H2,1-4H3,(H,19,21)(H,22,23)/t16-/m0/s1. The predicted octanol–water partition coefficient (Wildman–Crippen LogP) is 2.04. The van der Waals surface area contributed by atoms with E-state index in [1.54, 1.807) is 7.11 Å². The molecule has 1 fully saturated rings. The molecule has 1 heterocycles. The number of rotatable bonds is 5. The van der Waals surface area contributed by atoms with Crippen molar-refractivity contribution in [2.75, 3.05) is 20.2 Å². The largest absolute Gasteiger partial charge is 0.496 e. The first-order chi connectivity index (χ1) is 11.3. The molecule has 0 saturated carbocycles. The maximum absolute atomic E-state index is 11.9.